The molecular weight excluding hydrogens is 216 g/mol. The van der Waals surface area contributed by atoms with E-state index in [9.17, 15) is 0 Å². The van der Waals surface area contributed by atoms with Crippen LogP contribution in [0.2, 0.25) is 19.6 Å². The Morgan fingerprint density at radius 1 is 1.06 bits per heavy atom. The van der Waals surface area contributed by atoms with Crippen LogP contribution in [0.3, 0.4) is 0 Å². The minimum absolute atomic E-state index is 0.500. The van der Waals surface area contributed by atoms with Crippen LogP contribution in [-0.2, 0) is 15.8 Å². The normalized spacial score (nSPS) is 12.8. The summed E-state index contributed by atoms with van der Waals surface area (Å²) < 4.78 is 11.8. The van der Waals surface area contributed by atoms with Crippen molar-refractivity contribution < 1.29 is 9.16 Å². The molecule has 0 fully saturated rings. The van der Waals surface area contributed by atoms with Gasteiger partial charge in [-0.1, -0.05) is 30.3 Å². The van der Waals surface area contributed by atoms with Gasteiger partial charge in [-0.3, -0.25) is 0 Å². The lowest BCUT2D eigenvalue weighted by molar-refractivity contribution is -0.170. The monoisotopic (exact) mass is 238 g/mol. The predicted molar refractivity (Wildman–Crippen MR) is 69.7 cm³/mol. The Morgan fingerprint density at radius 2 is 1.62 bits per heavy atom. The molecule has 0 N–H and O–H groups in total. The van der Waals surface area contributed by atoms with Crippen molar-refractivity contribution in [3.63, 3.8) is 0 Å². The van der Waals surface area contributed by atoms with E-state index in [1.54, 1.807) is 0 Å². The Hall–Kier alpha value is -0.643. The highest BCUT2D eigenvalue weighted by molar-refractivity contribution is 6.69. The summed E-state index contributed by atoms with van der Waals surface area (Å²) in [5.41, 5.74) is 1.18. The summed E-state index contributed by atoms with van der Waals surface area (Å²) >= 11 is 0. The van der Waals surface area contributed by atoms with Crippen LogP contribution in [0.15, 0.2) is 30.3 Å². The van der Waals surface area contributed by atoms with Crippen LogP contribution in [-0.4, -0.2) is 14.1 Å². The van der Waals surface area contributed by atoms with Gasteiger partial charge in [0.2, 0.25) is 0 Å². The molecule has 0 spiro atoms. The molecule has 0 radical (unpaired) electrons. The third kappa shape index (κ3) is 5.44. The van der Waals surface area contributed by atoms with Crippen molar-refractivity contribution in [2.45, 2.75) is 45.9 Å². The quantitative estimate of drug-likeness (QED) is 0.574. The summed E-state index contributed by atoms with van der Waals surface area (Å²) in [6, 6.07) is 10.2. The van der Waals surface area contributed by atoms with Crippen LogP contribution in [0.5, 0.6) is 0 Å². The summed E-state index contributed by atoms with van der Waals surface area (Å²) in [4.78, 5) is 0. The number of hydrogen-bond donors (Lipinski definition) is 0. The first-order chi connectivity index (χ1) is 7.29. The van der Waals surface area contributed by atoms with Gasteiger partial charge in [0.05, 0.1) is 6.61 Å². The number of hydrogen-bond acceptors (Lipinski definition) is 2. The summed E-state index contributed by atoms with van der Waals surface area (Å²) in [6.45, 7) is 11.1. The van der Waals surface area contributed by atoms with E-state index >= 15 is 0 Å². The maximum atomic E-state index is 5.96. The lowest BCUT2D eigenvalue weighted by Gasteiger charge is -2.32. The molecule has 2 nitrogen and oxygen atoms in total. The van der Waals surface area contributed by atoms with Crippen molar-refractivity contribution in [3.8, 4) is 0 Å². The van der Waals surface area contributed by atoms with Gasteiger partial charge in [-0.15, -0.1) is 0 Å². The fourth-order valence-electron chi connectivity index (χ4n) is 1.60. The average Bonchev–Trinajstić information content (AvgIpc) is 2.13. The van der Waals surface area contributed by atoms with Crippen molar-refractivity contribution in [1.82, 2.24) is 0 Å². The molecule has 0 aliphatic rings. The second-order valence-electron chi connectivity index (χ2n) is 5.39. The summed E-state index contributed by atoms with van der Waals surface area (Å²) in [5.74, 6) is -0.500. The third-order valence-electron chi connectivity index (χ3n) is 1.98. The molecule has 90 valence electrons. The SMILES string of the molecule is CC(C)(OCc1ccccc1)O[Si](C)(C)C. The van der Waals surface area contributed by atoms with E-state index in [-0.39, 0.29) is 0 Å². The Bertz CT molecular complexity index is 314. The molecule has 1 rings (SSSR count). The van der Waals surface area contributed by atoms with E-state index in [1.165, 1.54) is 5.56 Å². The van der Waals surface area contributed by atoms with Crippen molar-refractivity contribution in [2.24, 2.45) is 0 Å². The Balaban J connectivity index is 2.48. The van der Waals surface area contributed by atoms with Gasteiger partial charge in [0, 0.05) is 0 Å². The van der Waals surface area contributed by atoms with Crippen LogP contribution in [0.25, 0.3) is 0 Å². The van der Waals surface area contributed by atoms with Gasteiger partial charge in [-0.2, -0.15) is 0 Å². The topological polar surface area (TPSA) is 18.5 Å². The van der Waals surface area contributed by atoms with E-state index in [0.29, 0.717) is 6.61 Å². The first-order valence-corrected chi connectivity index (χ1v) is 9.07. The molecule has 0 heterocycles. The zero-order valence-corrected chi connectivity index (χ0v) is 11.9. The maximum Gasteiger partial charge on any atom is 0.187 e. The summed E-state index contributed by atoms with van der Waals surface area (Å²) in [5, 5.41) is 0. The molecule has 0 amide bonds. The molecule has 1 aromatic carbocycles. The number of ether oxygens (including phenoxy) is 1. The van der Waals surface area contributed by atoms with Crippen molar-refractivity contribution in [1.29, 1.82) is 0 Å². The minimum Gasteiger partial charge on any atom is -0.391 e. The molecule has 1 aromatic rings. The fraction of sp³-hybridized carbons (Fsp3) is 0.538. The zero-order chi connectivity index (χ0) is 12.2. The van der Waals surface area contributed by atoms with Crippen LogP contribution >= 0.6 is 0 Å². The van der Waals surface area contributed by atoms with Crippen molar-refractivity contribution in [2.75, 3.05) is 0 Å². The highest BCUT2D eigenvalue weighted by Gasteiger charge is 2.27. The van der Waals surface area contributed by atoms with E-state index in [1.807, 2.05) is 32.0 Å². The predicted octanol–water partition coefficient (Wildman–Crippen LogP) is 3.79. The summed E-state index contributed by atoms with van der Waals surface area (Å²) in [6.07, 6.45) is 0. The minimum atomic E-state index is -1.56. The van der Waals surface area contributed by atoms with Gasteiger partial charge in [0.1, 0.15) is 0 Å². The van der Waals surface area contributed by atoms with E-state index in [0.717, 1.165) is 0 Å². The van der Waals surface area contributed by atoms with Gasteiger partial charge < -0.3 is 9.16 Å². The number of benzene rings is 1. The lowest BCUT2D eigenvalue weighted by atomic mass is 10.2. The fourth-order valence-corrected chi connectivity index (χ4v) is 3.13. The van der Waals surface area contributed by atoms with Crippen LogP contribution < -0.4 is 0 Å². The standard InChI is InChI=1S/C13H22O2Si/c1-13(2,15-16(3,4)5)14-11-12-9-7-6-8-10-12/h6-10H,11H2,1-5H3. The van der Waals surface area contributed by atoms with Gasteiger partial charge in [0.25, 0.3) is 0 Å². The Kier molecular flexibility index (Phi) is 4.30. The largest absolute Gasteiger partial charge is 0.391 e. The van der Waals surface area contributed by atoms with E-state index in [4.69, 9.17) is 9.16 Å². The second-order valence-corrected chi connectivity index (χ2v) is 9.82. The molecule has 0 aliphatic heterocycles. The van der Waals surface area contributed by atoms with Crippen molar-refractivity contribution >= 4 is 8.32 Å². The molecule has 3 heteroatoms. The molecule has 0 saturated heterocycles. The molecule has 0 unspecified atom stereocenters. The highest BCUT2D eigenvalue weighted by Crippen LogP contribution is 2.20. The average molecular weight is 238 g/mol. The molecule has 0 atom stereocenters. The molecule has 0 aromatic heterocycles. The maximum absolute atomic E-state index is 5.96. The first-order valence-electron chi connectivity index (χ1n) is 5.67. The van der Waals surface area contributed by atoms with Gasteiger partial charge in [0.15, 0.2) is 14.1 Å². The lowest BCUT2D eigenvalue weighted by Crippen LogP contribution is -2.40. The van der Waals surface area contributed by atoms with E-state index < -0.39 is 14.1 Å². The molecule has 16 heavy (non-hydrogen) atoms. The van der Waals surface area contributed by atoms with Crippen LogP contribution in [0.1, 0.15) is 19.4 Å². The number of rotatable bonds is 5. The Labute approximate surface area is 99.7 Å². The van der Waals surface area contributed by atoms with Crippen LogP contribution in [0, 0.1) is 0 Å². The molecule has 0 aliphatic carbocycles. The second kappa shape index (κ2) is 5.12. The smallest absolute Gasteiger partial charge is 0.187 e. The van der Waals surface area contributed by atoms with Gasteiger partial charge in [-0.05, 0) is 39.1 Å². The summed E-state index contributed by atoms with van der Waals surface area (Å²) in [7, 11) is -1.56. The van der Waals surface area contributed by atoms with Gasteiger partial charge >= 0.3 is 0 Å². The Morgan fingerprint density at radius 3 is 2.12 bits per heavy atom. The van der Waals surface area contributed by atoms with Crippen molar-refractivity contribution in [3.05, 3.63) is 35.9 Å². The van der Waals surface area contributed by atoms with Gasteiger partial charge in [-0.25, -0.2) is 0 Å². The van der Waals surface area contributed by atoms with E-state index in [2.05, 4.69) is 31.8 Å². The molecule has 0 bridgehead atoms. The zero-order valence-electron chi connectivity index (χ0n) is 10.9. The third-order valence-corrected chi connectivity index (χ3v) is 3.09. The first kappa shape index (κ1) is 13.4. The molecular formula is C13H22O2Si. The molecule has 0 saturated carbocycles. The van der Waals surface area contributed by atoms with Crippen LogP contribution in [0.4, 0.5) is 0 Å². The highest BCUT2D eigenvalue weighted by atomic mass is 28.4.